The smallest absolute Gasteiger partial charge is 0.336 e. The van der Waals surface area contributed by atoms with Crippen molar-refractivity contribution in [2.24, 2.45) is 0 Å². The summed E-state index contributed by atoms with van der Waals surface area (Å²) in [7, 11) is 0. The van der Waals surface area contributed by atoms with Gasteiger partial charge in [0, 0.05) is 28.7 Å². The molecule has 0 spiro atoms. The van der Waals surface area contributed by atoms with Crippen LogP contribution in [0.25, 0.3) is 10.9 Å². The van der Waals surface area contributed by atoms with Crippen LogP contribution in [0.4, 0.5) is 0 Å². The zero-order chi connectivity index (χ0) is 14.3. The maximum Gasteiger partial charge on any atom is 0.336 e. The number of hydrogen-bond acceptors (Lipinski definition) is 2. The second kappa shape index (κ2) is 4.53. The second-order valence-corrected chi connectivity index (χ2v) is 5.09. The molecule has 19 heavy (non-hydrogen) atoms. The van der Waals surface area contributed by atoms with E-state index in [9.17, 15) is 14.7 Å². The number of carbonyl (C=O) groups excluding carboxylic acids is 1. The molecule has 1 aromatic heterocycles. The molecule has 0 fully saturated rings. The van der Waals surface area contributed by atoms with Gasteiger partial charge in [0.25, 0.3) is 0 Å². The summed E-state index contributed by atoms with van der Waals surface area (Å²) in [6.45, 7) is 7.28. The van der Waals surface area contributed by atoms with Crippen molar-refractivity contribution in [3.05, 3.63) is 35.0 Å². The van der Waals surface area contributed by atoms with E-state index in [2.05, 4.69) is 0 Å². The molecule has 1 aromatic carbocycles. The molecule has 2 rings (SSSR count). The Balaban J connectivity index is 2.87. The number of ketones is 1. The Bertz CT molecular complexity index is 680. The molecule has 0 saturated heterocycles. The van der Waals surface area contributed by atoms with Crippen molar-refractivity contribution in [2.45, 2.75) is 33.7 Å². The number of fused-ring (bicyclic) bond motifs is 1. The number of aryl methyl sites for hydroxylation is 1. The van der Waals surface area contributed by atoms with Crippen LogP contribution in [0.5, 0.6) is 0 Å². The number of nitrogens with zero attached hydrogens (tertiary/aromatic N) is 1. The van der Waals surface area contributed by atoms with E-state index in [0.29, 0.717) is 11.1 Å². The van der Waals surface area contributed by atoms with Gasteiger partial charge in [0.05, 0.1) is 5.56 Å². The number of rotatable bonds is 3. The lowest BCUT2D eigenvalue weighted by molar-refractivity contribution is 0.0696. The van der Waals surface area contributed by atoms with Crippen LogP contribution in [0.2, 0.25) is 0 Å². The number of aromatic nitrogens is 1. The molecule has 0 aliphatic rings. The molecule has 0 atom stereocenters. The number of benzene rings is 1. The van der Waals surface area contributed by atoms with Gasteiger partial charge in [-0.3, -0.25) is 4.79 Å². The van der Waals surface area contributed by atoms with Crippen molar-refractivity contribution in [3.63, 3.8) is 0 Å². The maximum atomic E-state index is 11.7. The number of carboxylic acids is 1. The lowest BCUT2D eigenvalue weighted by atomic mass is 10.0. The first-order valence-electron chi connectivity index (χ1n) is 6.22. The molecule has 1 N–H and O–H groups in total. The van der Waals surface area contributed by atoms with Crippen molar-refractivity contribution in [2.75, 3.05) is 0 Å². The Morgan fingerprint density at radius 3 is 2.32 bits per heavy atom. The lowest BCUT2D eigenvalue weighted by Gasteiger charge is -2.10. The van der Waals surface area contributed by atoms with Crippen LogP contribution >= 0.6 is 0 Å². The molecule has 4 heteroatoms. The third-order valence-corrected chi connectivity index (χ3v) is 3.35. The Kier molecular flexibility index (Phi) is 3.18. The second-order valence-electron chi connectivity index (χ2n) is 5.09. The summed E-state index contributed by atoms with van der Waals surface area (Å²) in [5.74, 6) is -0.952. The van der Waals surface area contributed by atoms with Crippen LogP contribution in [0.15, 0.2) is 18.3 Å². The summed E-state index contributed by atoms with van der Waals surface area (Å²) in [4.78, 5) is 22.9. The van der Waals surface area contributed by atoms with Gasteiger partial charge in [-0.05, 0) is 45.4 Å². The third-order valence-electron chi connectivity index (χ3n) is 3.35. The van der Waals surface area contributed by atoms with Crippen LogP contribution in [-0.4, -0.2) is 21.4 Å². The Morgan fingerprint density at radius 1 is 1.21 bits per heavy atom. The predicted molar refractivity (Wildman–Crippen MR) is 74.0 cm³/mol. The first-order valence-corrected chi connectivity index (χ1v) is 6.22. The third kappa shape index (κ3) is 2.14. The fourth-order valence-electron chi connectivity index (χ4n) is 2.34. The first kappa shape index (κ1) is 13.3. The maximum absolute atomic E-state index is 11.7. The van der Waals surface area contributed by atoms with Gasteiger partial charge < -0.3 is 9.67 Å². The van der Waals surface area contributed by atoms with E-state index in [4.69, 9.17) is 0 Å². The van der Waals surface area contributed by atoms with Crippen LogP contribution < -0.4 is 0 Å². The topological polar surface area (TPSA) is 59.3 Å². The van der Waals surface area contributed by atoms with Gasteiger partial charge in [-0.15, -0.1) is 0 Å². The van der Waals surface area contributed by atoms with Crippen molar-refractivity contribution < 1.29 is 14.7 Å². The Morgan fingerprint density at radius 2 is 1.84 bits per heavy atom. The van der Waals surface area contributed by atoms with E-state index >= 15 is 0 Å². The summed E-state index contributed by atoms with van der Waals surface area (Å²) in [5, 5.41) is 10.0. The number of carboxylic acid groups (broad SMARTS) is 1. The molecule has 0 unspecified atom stereocenters. The molecule has 0 bridgehead atoms. The molecule has 0 aliphatic carbocycles. The highest BCUT2D eigenvalue weighted by atomic mass is 16.4. The van der Waals surface area contributed by atoms with E-state index in [0.717, 1.165) is 10.9 Å². The molecule has 2 aromatic rings. The Labute approximate surface area is 111 Å². The van der Waals surface area contributed by atoms with Gasteiger partial charge >= 0.3 is 5.97 Å². The number of Topliss-reactive ketones (excluding diaryl/α,β-unsaturated/α-hetero) is 1. The number of aromatic carboxylic acids is 1. The molecule has 4 nitrogen and oxygen atoms in total. The van der Waals surface area contributed by atoms with E-state index in [1.165, 1.54) is 6.92 Å². The highest BCUT2D eigenvalue weighted by Gasteiger charge is 2.17. The van der Waals surface area contributed by atoms with Crippen molar-refractivity contribution in [3.8, 4) is 0 Å². The monoisotopic (exact) mass is 259 g/mol. The normalized spacial score (nSPS) is 11.2. The van der Waals surface area contributed by atoms with Gasteiger partial charge in [-0.25, -0.2) is 4.79 Å². The molecule has 0 aliphatic heterocycles. The Hall–Kier alpha value is -2.10. The zero-order valence-electron chi connectivity index (χ0n) is 11.5. The average molecular weight is 259 g/mol. The molecule has 0 radical (unpaired) electrons. The van der Waals surface area contributed by atoms with Crippen molar-refractivity contribution in [1.29, 1.82) is 0 Å². The highest BCUT2D eigenvalue weighted by Crippen LogP contribution is 2.28. The zero-order valence-corrected chi connectivity index (χ0v) is 11.5. The quantitative estimate of drug-likeness (QED) is 0.859. The van der Waals surface area contributed by atoms with Crippen LogP contribution in [-0.2, 0) is 0 Å². The minimum absolute atomic E-state index is 0.00752. The predicted octanol–water partition coefficient (Wildman–Crippen LogP) is 3.43. The minimum atomic E-state index is -0.944. The number of hydrogen-bond donors (Lipinski definition) is 1. The molecule has 100 valence electrons. The van der Waals surface area contributed by atoms with E-state index in [-0.39, 0.29) is 17.4 Å². The molecule has 1 heterocycles. The van der Waals surface area contributed by atoms with Crippen molar-refractivity contribution in [1.82, 2.24) is 4.57 Å². The van der Waals surface area contributed by atoms with Gasteiger partial charge in [0.2, 0.25) is 0 Å². The SMILES string of the molecule is CC(=O)c1cn(C(C)C)c2cc(C(=O)O)c(C)cc12. The van der Waals surface area contributed by atoms with Crippen molar-refractivity contribution >= 4 is 22.7 Å². The van der Waals surface area contributed by atoms with E-state index < -0.39 is 5.97 Å². The van der Waals surface area contributed by atoms with Gasteiger partial charge in [-0.2, -0.15) is 0 Å². The molecular weight excluding hydrogens is 242 g/mol. The van der Waals surface area contributed by atoms with Gasteiger partial charge in [0.15, 0.2) is 5.78 Å². The van der Waals surface area contributed by atoms with Gasteiger partial charge in [0.1, 0.15) is 0 Å². The summed E-state index contributed by atoms with van der Waals surface area (Å²) >= 11 is 0. The summed E-state index contributed by atoms with van der Waals surface area (Å²) in [5.41, 5.74) is 2.39. The van der Waals surface area contributed by atoms with E-state index in [1.807, 2.05) is 24.6 Å². The molecule has 0 saturated carbocycles. The first-order chi connectivity index (χ1) is 8.82. The standard InChI is InChI=1S/C15H17NO3/c1-8(2)16-7-13(10(4)17)12-5-9(3)11(15(18)19)6-14(12)16/h5-8H,1-4H3,(H,18,19). The van der Waals surface area contributed by atoms with Gasteiger partial charge in [-0.1, -0.05) is 0 Å². The highest BCUT2D eigenvalue weighted by molar-refractivity contribution is 6.08. The minimum Gasteiger partial charge on any atom is -0.478 e. The summed E-state index contributed by atoms with van der Waals surface area (Å²) in [6, 6.07) is 3.60. The summed E-state index contributed by atoms with van der Waals surface area (Å²) < 4.78 is 1.94. The largest absolute Gasteiger partial charge is 0.478 e. The van der Waals surface area contributed by atoms with Crippen LogP contribution in [0, 0.1) is 6.92 Å². The molecular formula is C15H17NO3. The average Bonchev–Trinajstić information content (AvgIpc) is 2.66. The van der Waals surface area contributed by atoms with Crippen LogP contribution in [0.3, 0.4) is 0 Å². The number of carbonyl (C=O) groups is 2. The molecule has 0 amide bonds. The van der Waals surface area contributed by atoms with Crippen LogP contribution in [0.1, 0.15) is 53.1 Å². The fraction of sp³-hybridized carbons (Fsp3) is 0.333. The lowest BCUT2D eigenvalue weighted by Crippen LogP contribution is -2.02. The summed E-state index contributed by atoms with van der Waals surface area (Å²) in [6.07, 6.45) is 1.81. The van der Waals surface area contributed by atoms with E-state index in [1.54, 1.807) is 19.1 Å². The fourth-order valence-corrected chi connectivity index (χ4v) is 2.34.